The number of hydrogen-bond donors (Lipinski definition) is 2. The number of rotatable bonds is 0. The summed E-state index contributed by atoms with van der Waals surface area (Å²) in [5, 5.41) is 9.89. The topological polar surface area (TPSA) is 52.6 Å². The van der Waals surface area contributed by atoms with Crippen LogP contribution in [-0.4, -0.2) is 11.2 Å². The minimum Gasteiger partial charge on any atom is -0.463 e. The maximum Gasteiger partial charge on any atom is 0.430 e. The Hall–Kier alpha value is -1.97. The number of para-hydroxylation sites is 1. The lowest BCUT2D eigenvalue weighted by atomic mass is 10.1. The van der Waals surface area contributed by atoms with Gasteiger partial charge in [-0.1, -0.05) is 18.2 Å². The summed E-state index contributed by atoms with van der Waals surface area (Å²) in [4.78, 5) is 10.7. The zero-order chi connectivity index (χ0) is 9.26. The summed E-state index contributed by atoms with van der Waals surface area (Å²) in [7, 11) is 0. The molecule has 0 fully saturated rings. The zero-order valence-corrected chi connectivity index (χ0v) is 6.77. The normalized spacial score (nSPS) is 13.4. The van der Waals surface area contributed by atoms with Crippen molar-refractivity contribution in [3.05, 3.63) is 36.0 Å². The van der Waals surface area contributed by atoms with E-state index in [1.54, 1.807) is 18.3 Å². The number of carbonyl (C=O) groups is 1. The quantitative estimate of drug-likeness (QED) is 0.632. The summed E-state index contributed by atoms with van der Waals surface area (Å²) in [5.74, 6) is 0. The van der Waals surface area contributed by atoms with E-state index in [2.05, 4.69) is 5.43 Å². The van der Waals surface area contributed by atoms with E-state index in [1.807, 2.05) is 18.2 Å². The molecule has 0 aromatic heterocycles. The number of nitrogens with zero attached hydrogens (tertiary/aromatic N) is 1. The minimum atomic E-state index is -1.02. The molecule has 0 unspecified atom stereocenters. The number of hydrazine groups is 1. The molecule has 1 aromatic rings. The standard InChI is InChI=1S/C9H8N2O2/c12-9(13)11-8-4-2-1-3-7(8)5-6-10-11/h1-6,10H,(H,12,13). The number of hydrogen-bond acceptors (Lipinski definition) is 2. The van der Waals surface area contributed by atoms with Gasteiger partial charge in [0.05, 0.1) is 5.69 Å². The molecule has 0 bridgehead atoms. The van der Waals surface area contributed by atoms with Gasteiger partial charge in [-0.25, -0.2) is 4.79 Å². The van der Waals surface area contributed by atoms with Crippen LogP contribution in [0.3, 0.4) is 0 Å². The fraction of sp³-hybridized carbons (Fsp3) is 0. The second-order valence-corrected chi connectivity index (χ2v) is 2.64. The van der Waals surface area contributed by atoms with Crippen molar-refractivity contribution in [2.45, 2.75) is 0 Å². The predicted octanol–water partition coefficient (Wildman–Crippen LogP) is 1.66. The van der Waals surface area contributed by atoms with Crippen molar-refractivity contribution in [3.8, 4) is 0 Å². The summed E-state index contributed by atoms with van der Waals surface area (Å²) in [5.41, 5.74) is 4.17. The predicted molar refractivity (Wildman–Crippen MR) is 49.1 cm³/mol. The van der Waals surface area contributed by atoms with Gasteiger partial charge < -0.3 is 5.11 Å². The summed E-state index contributed by atoms with van der Waals surface area (Å²) < 4.78 is 0. The third-order valence-corrected chi connectivity index (χ3v) is 1.84. The maximum atomic E-state index is 10.7. The van der Waals surface area contributed by atoms with Crippen molar-refractivity contribution in [3.63, 3.8) is 0 Å². The molecule has 1 amide bonds. The number of anilines is 1. The first-order chi connectivity index (χ1) is 6.29. The van der Waals surface area contributed by atoms with Gasteiger partial charge >= 0.3 is 6.09 Å². The summed E-state index contributed by atoms with van der Waals surface area (Å²) in [6.45, 7) is 0. The van der Waals surface area contributed by atoms with Crippen molar-refractivity contribution in [2.75, 3.05) is 5.01 Å². The monoisotopic (exact) mass is 176 g/mol. The molecule has 1 heterocycles. The van der Waals surface area contributed by atoms with Crippen LogP contribution in [0.4, 0.5) is 10.5 Å². The maximum absolute atomic E-state index is 10.7. The van der Waals surface area contributed by atoms with Gasteiger partial charge in [0.1, 0.15) is 0 Å². The Morgan fingerprint density at radius 3 is 2.92 bits per heavy atom. The minimum absolute atomic E-state index is 0.650. The van der Waals surface area contributed by atoms with Crippen LogP contribution in [0.25, 0.3) is 6.08 Å². The van der Waals surface area contributed by atoms with E-state index >= 15 is 0 Å². The van der Waals surface area contributed by atoms with Gasteiger partial charge in [-0.2, -0.15) is 5.01 Å². The van der Waals surface area contributed by atoms with Crippen molar-refractivity contribution in [1.82, 2.24) is 5.43 Å². The molecule has 13 heavy (non-hydrogen) atoms. The van der Waals surface area contributed by atoms with Crippen LogP contribution < -0.4 is 10.4 Å². The van der Waals surface area contributed by atoms with Gasteiger partial charge in [0, 0.05) is 11.8 Å². The van der Waals surface area contributed by atoms with Crippen molar-refractivity contribution in [1.29, 1.82) is 0 Å². The van der Waals surface area contributed by atoms with E-state index in [1.165, 1.54) is 0 Å². The molecule has 66 valence electrons. The van der Waals surface area contributed by atoms with Crippen molar-refractivity contribution in [2.24, 2.45) is 0 Å². The van der Waals surface area contributed by atoms with Crippen LogP contribution in [0.1, 0.15) is 5.56 Å². The Kier molecular flexibility index (Phi) is 1.66. The van der Waals surface area contributed by atoms with Gasteiger partial charge in [-0.3, -0.25) is 5.43 Å². The van der Waals surface area contributed by atoms with Crippen LogP contribution in [0.15, 0.2) is 30.5 Å². The first-order valence-corrected chi connectivity index (χ1v) is 3.84. The van der Waals surface area contributed by atoms with Crippen molar-refractivity contribution < 1.29 is 9.90 Å². The molecule has 0 aliphatic carbocycles. The van der Waals surface area contributed by atoms with Crippen molar-refractivity contribution >= 4 is 17.9 Å². The third kappa shape index (κ3) is 1.22. The lowest BCUT2D eigenvalue weighted by molar-refractivity contribution is 0.200. The highest BCUT2D eigenvalue weighted by atomic mass is 16.4. The smallest absolute Gasteiger partial charge is 0.430 e. The number of amides is 1. The number of carboxylic acid groups (broad SMARTS) is 1. The Labute approximate surface area is 75.1 Å². The lowest BCUT2D eigenvalue weighted by Gasteiger charge is -2.23. The van der Waals surface area contributed by atoms with Gasteiger partial charge in [-0.15, -0.1) is 0 Å². The van der Waals surface area contributed by atoms with Gasteiger partial charge in [0.25, 0.3) is 0 Å². The molecule has 0 atom stereocenters. The molecule has 0 saturated heterocycles. The van der Waals surface area contributed by atoms with E-state index in [4.69, 9.17) is 5.11 Å². The Morgan fingerprint density at radius 2 is 2.15 bits per heavy atom. The second kappa shape index (κ2) is 2.82. The molecular weight excluding hydrogens is 168 g/mol. The van der Waals surface area contributed by atoms with Crippen LogP contribution in [-0.2, 0) is 0 Å². The molecule has 4 heteroatoms. The molecule has 0 saturated carbocycles. The number of nitrogens with one attached hydrogen (secondary N) is 1. The van der Waals surface area contributed by atoms with Crippen LogP contribution in [0, 0.1) is 0 Å². The number of benzene rings is 1. The lowest BCUT2D eigenvalue weighted by Crippen LogP contribution is -2.40. The van der Waals surface area contributed by atoms with E-state index < -0.39 is 6.09 Å². The molecule has 0 radical (unpaired) electrons. The molecule has 2 N–H and O–H groups in total. The Bertz CT molecular complexity index is 374. The SMILES string of the molecule is O=C(O)N1NC=Cc2ccccc21. The Balaban J connectivity index is 2.49. The second-order valence-electron chi connectivity index (χ2n) is 2.64. The third-order valence-electron chi connectivity index (χ3n) is 1.84. The molecule has 1 aliphatic rings. The molecule has 1 aromatic carbocycles. The number of fused-ring (bicyclic) bond motifs is 1. The molecule has 4 nitrogen and oxygen atoms in total. The highest BCUT2D eigenvalue weighted by Crippen LogP contribution is 2.22. The van der Waals surface area contributed by atoms with E-state index in [-0.39, 0.29) is 0 Å². The fourth-order valence-electron chi connectivity index (χ4n) is 1.26. The average Bonchev–Trinajstić information content (AvgIpc) is 2.17. The highest BCUT2D eigenvalue weighted by molar-refractivity contribution is 5.89. The molecular formula is C9H8N2O2. The van der Waals surface area contributed by atoms with Crippen LogP contribution in [0.5, 0.6) is 0 Å². The van der Waals surface area contributed by atoms with E-state index in [0.29, 0.717) is 5.69 Å². The summed E-state index contributed by atoms with van der Waals surface area (Å²) >= 11 is 0. The van der Waals surface area contributed by atoms with Gasteiger partial charge in [-0.05, 0) is 12.1 Å². The Morgan fingerprint density at radius 1 is 1.38 bits per heavy atom. The van der Waals surface area contributed by atoms with E-state index in [0.717, 1.165) is 10.6 Å². The molecule has 2 rings (SSSR count). The first-order valence-electron chi connectivity index (χ1n) is 3.84. The van der Waals surface area contributed by atoms with Gasteiger partial charge in [0.15, 0.2) is 0 Å². The molecule has 1 aliphatic heterocycles. The molecule has 0 spiro atoms. The summed E-state index contributed by atoms with van der Waals surface area (Å²) in [6, 6.07) is 7.28. The summed E-state index contributed by atoms with van der Waals surface area (Å²) in [6.07, 6.45) is 2.41. The largest absolute Gasteiger partial charge is 0.463 e. The average molecular weight is 176 g/mol. The fourth-order valence-corrected chi connectivity index (χ4v) is 1.26. The van der Waals surface area contributed by atoms with Crippen LogP contribution in [0.2, 0.25) is 0 Å². The highest BCUT2D eigenvalue weighted by Gasteiger charge is 2.17. The van der Waals surface area contributed by atoms with E-state index in [9.17, 15) is 4.79 Å². The van der Waals surface area contributed by atoms with Crippen LogP contribution >= 0.6 is 0 Å². The van der Waals surface area contributed by atoms with Gasteiger partial charge in [0.2, 0.25) is 0 Å². The first kappa shape index (κ1) is 7.67. The zero-order valence-electron chi connectivity index (χ0n) is 6.77.